The van der Waals surface area contributed by atoms with Gasteiger partial charge in [-0.25, -0.2) is 4.79 Å². The molecule has 5 aliphatic rings. The second kappa shape index (κ2) is 14.6. The molecule has 5 fully saturated rings. The van der Waals surface area contributed by atoms with E-state index in [2.05, 4.69) is 58.8 Å². The van der Waals surface area contributed by atoms with Crippen LogP contribution in [0.1, 0.15) is 127 Å². The van der Waals surface area contributed by atoms with Crippen LogP contribution in [-0.2, 0) is 22.4 Å². The van der Waals surface area contributed by atoms with Crippen LogP contribution in [0.25, 0.3) is 0 Å². The fourth-order valence-corrected chi connectivity index (χ4v) is 14.2. The van der Waals surface area contributed by atoms with Gasteiger partial charge in [-0.2, -0.15) is 0 Å². The molecule has 0 saturated heterocycles. The van der Waals surface area contributed by atoms with Crippen LogP contribution in [-0.4, -0.2) is 51.8 Å². The predicted molar refractivity (Wildman–Crippen MR) is 219 cm³/mol. The lowest BCUT2D eigenvalue weighted by molar-refractivity contribution is -0.246. The molecule has 0 radical (unpaired) electrons. The highest BCUT2D eigenvalue weighted by atomic mass is 16.4. The number of phenols is 1. The Labute approximate surface area is 334 Å². The van der Waals surface area contributed by atoms with Crippen molar-refractivity contribution >= 4 is 17.8 Å². The molecule has 56 heavy (non-hydrogen) atoms. The van der Waals surface area contributed by atoms with E-state index in [1.165, 1.54) is 37.0 Å². The van der Waals surface area contributed by atoms with Crippen molar-refractivity contribution < 1.29 is 29.7 Å². The number of carbonyl (C=O) groups is 3. The molecule has 0 aromatic heterocycles. The molecule has 0 aliphatic heterocycles. The summed E-state index contributed by atoms with van der Waals surface area (Å²) in [5.41, 5.74) is 3.19. The number of aromatic hydroxyl groups is 1. The summed E-state index contributed by atoms with van der Waals surface area (Å²) in [6.07, 6.45) is 11.0. The number of carbonyl (C=O) groups excluding carboxylic acids is 2. The van der Waals surface area contributed by atoms with Crippen molar-refractivity contribution in [1.82, 2.24) is 10.6 Å². The Morgan fingerprint density at radius 1 is 0.839 bits per heavy atom. The van der Waals surface area contributed by atoms with Gasteiger partial charge in [0.05, 0.1) is 11.5 Å². The predicted octanol–water partition coefficient (Wildman–Crippen LogP) is 8.50. The number of phenolic OH excluding ortho intramolecular Hbond substituents is 1. The molecule has 2 aromatic rings. The lowest BCUT2D eigenvalue weighted by Crippen LogP contribution is -2.67. The molecular formula is C48H66N2O6. The first-order valence-electron chi connectivity index (χ1n) is 21.4. The number of amides is 2. The molecule has 304 valence electrons. The quantitative estimate of drug-likeness (QED) is 0.154. The summed E-state index contributed by atoms with van der Waals surface area (Å²) in [6, 6.07) is 12.4. The summed E-state index contributed by atoms with van der Waals surface area (Å²) in [5.74, 6) is 0.843. The van der Waals surface area contributed by atoms with E-state index in [1.54, 1.807) is 30.3 Å². The third kappa shape index (κ3) is 6.50. The summed E-state index contributed by atoms with van der Waals surface area (Å²) in [4.78, 5) is 39.9. The number of rotatable bonds is 10. The molecule has 5 aliphatic carbocycles. The summed E-state index contributed by atoms with van der Waals surface area (Å²) >= 11 is 0. The van der Waals surface area contributed by atoms with Gasteiger partial charge in [0.25, 0.3) is 5.91 Å². The second-order valence-corrected chi connectivity index (χ2v) is 20.2. The van der Waals surface area contributed by atoms with Crippen LogP contribution in [0, 0.1) is 56.7 Å². The van der Waals surface area contributed by atoms with Crippen molar-refractivity contribution in [2.75, 3.05) is 6.54 Å². The number of carboxylic acids is 1. The van der Waals surface area contributed by atoms with E-state index in [0.29, 0.717) is 47.8 Å². The Bertz CT molecular complexity index is 1860. The molecule has 0 spiro atoms. The molecule has 8 nitrogen and oxygen atoms in total. The third-order valence-corrected chi connectivity index (χ3v) is 17.4. The van der Waals surface area contributed by atoms with Gasteiger partial charge in [0.15, 0.2) is 0 Å². The zero-order valence-electron chi connectivity index (χ0n) is 34.6. The number of fused-ring (bicyclic) bond motifs is 7. The van der Waals surface area contributed by atoms with Gasteiger partial charge in [-0.3, -0.25) is 9.59 Å². The maximum atomic E-state index is 14.7. The largest absolute Gasteiger partial charge is 0.508 e. The fourth-order valence-electron chi connectivity index (χ4n) is 14.2. The highest BCUT2D eigenvalue weighted by molar-refractivity contribution is 5.96. The molecule has 5 unspecified atom stereocenters. The number of hydrogen-bond acceptors (Lipinski definition) is 5. The molecule has 2 aromatic carbocycles. The van der Waals surface area contributed by atoms with E-state index < -0.39 is 23.3 Å². The van der Waals surface area contributed by atoms with E-state index in [0.717, 1.165) is 50.5 Å². The van der Waals surface area contributed by atoms with Crippen molar-refractivity contribution in [2.24, 2.45) is 56.7 Å². The second-order valence-electron chi connectivity index (χ2n) is 20.2. The van der Waals surface area contributed by atoms with Crippen LogP contribution in [0.2, 0.25) is 0 Å². The number of aliphatic carboxylic acids is 1. The van der Waals surface area contributed by atoms with Crippen LogP contribution in [0.5, 0.6) is 5.75 Å². The summed E-state index contributed by atoms with van der Waals surface area (Å²) in [5, 5.41) is 36.6. The third-order valence-electron chi connectivity index (χ3n) is 17.4. The zero-order valence-corrected chi connectivity index (χ0v) is 34.6. The minimum atomic E-state index is -1.13. The number of nitrogens with one attached hydrogen (secondary N) is 2. The van der Waals surface area contributed by atoms with Gasteiger partial charge in [0.2, 0.25) is 5.91 Å². The van der Waals surface area contributed by atoms with Crippen LogP contribution in [0.15, 0.2) is 60.7 Å². The van der Waals surface area contributed by atoms with Gasteiger partial charge in [-0.15, -0.1) is 0 Å². The minimum absolute atomic E-state index is 0.0744. The first-order chi connectivity index (χ1) is 26.4. The van der Waals surface area contributed by atoms with E-state index >= 15 is 0 Å². The first kappa shape index (κ1) is 40.5. The Morgan fingerprint density at radius 3 is 2.27 bits per heavy atom. The monoisotopic (exact) mass is 766 g/mol. The van der Waals surface area contributed by atoms with Crippen molar-refractivity contribution in [3.05, 3.63) is 77.4 Å². The highest BCUT2D eigenvalue weighted by Crippen LogP contribution is 2.77. The molecule has 7 rings (SSSR count). The number of aliphatic hydroxyl groups excluding tert-OH is 1. The van der Waals surface area contributed by atoms with E-state index in [-0.39, 0.29) is 51.8 Å². The van der Waals surface area contributed by atoms with Gasteiger partial charge >= 0.3 is 5.97 Å². The Kier molecular flexibility index (Phi) is 10.6. The van der Waals surface area contributed by atoms with Crippen molar-refractivity contribution in [2.45, 2.75) is 131 Å². The zero-order chi connectivity index (χ0) is 40.4. The Hall–Kier alpha value is -3.65. The number of carboxylic acid groups (broad SMARTS) is 1. The average molecular weight is 767 g/mol. The van der Waals surface area contributed by atoms with E-state index in [1.807, 2.05) is 6.07 Å². The van der Waals surface area contributed by atoms with Crippen molar-refractivity contribution in [3.63, 3.8) is 0 Å². The highest BCUT2D eigenvalue weighted by Gasteiger charge is 2.71. The summed E-state index contributed by atoms with van der Waals surface area (Å²) in [7, 11) is 0. The first-order valence-corrected chi connectivity index (χ1v) is 21.4. The van der Waals surface area contributed by atoms with Gasteiger partial charge in [-0.05, 0) is 164 Å². The van der Waals surface area contributed by atoms with E-state index in [9.17, 15) is 29.7 Å². The van der Waals surface area contributed by atoms with Gasteiger partial charge in [0.1, 0.15) is 11.8 Å². The van der Waals surface area contributed by atoms with Crippen LogP contribution >= 0.6 is 0 Å². The molecule has 0 heterocycles. The van der Waals surface area contributed by atoms with Crippen molar-refractivity contribution in [3.8, 4) is 5.75 Å². The molecule has 0 bridgehead atoms. The maximum absolute atomic E-state index is 14.7. The number of aliphatic hydroxyl groups is 1. The van der Waals surface area contributed by atoms with Crippen molar-refractivity contribution in [1.29, 1.82) is 0 Å². The standard InChI is InChI=1S/C48H66N2O6/c1-29(2)34-17-23-48(25-24-46(6)35(40(34)48)15-16-38-45(5)21-19-39(52)44(3,4)37(45)18-22-47(38,46)7)43(56)49-26-20-30-9-8-10-32(27-30)41(53)50-36(42(54)55)28-31-11-13-33(51)14-12-31/h8-14,27,34-40,51-52H,1,15-26,28H2,2-7H3,(H,49,56)(H,50,53)(H,54,55)/t34-,35?,36?,37?,38?,39-,40?,45-,46+,47+,48-/m0/s1. The molecule has 5 saturated carbocycles. The van der Waals surface area contributed by atoms with Crippen LogP contribution in [0.4, 0.5) is 0 Å². The molecule has 8 heteroatoms. The smallest absolute Gasteiger partial charge is 0.326 e. The van der Waals surface area contributed by atoms with E-state index in [4.69, 9.17) is 0 Å². The number of benzene rings is 2. The molecule has 5 N–H and O–H groups in total. The van der Waals surface area contributed by atoms with Crippen LogP contribution in [0.3, 0.4) is 0 Å². The van der Waals surface area contributed by atoms with Gasteiger partial charge < -0.3 is 26.0 Å². The molecule has 2 amide bonds. The average Bonchev–Trinajstić information content (AvgIpc) is 3.56. The van der Waals surface area contributed by atoms with Gasteiger partial charge in [0, 0.05) is 18.5 Å². The maximum Gasteiger partial charge on any atom is 0.326 e. The van der Waals surface area contributed by atoms with Gasteiger partial charge in [-0.1, -0.05) is 71.0 Å². The molecule has 11 atom stereocenters. The lowest BCUT2D eigenvalue weighted by Gasteiger charge is -2.72. The Morgan fingerprint density at radius 2 is 1.57 bits per heavy atom. The number of allylic oxidation sites excluding steroid dienone is 1. The fraction of sp³-hybridized carbons (Fsp3) is 0.646. The SMILES string of the molecule is C=C(C)[C@@H]1CC[C@]2(C(=O)NCCc3cccc(C(=O)NC(Cc4ccc(O)cc4)C(=O)O)c3)CC[C@]3(C)C(CCC4[C@@]5(C)CC[C@H](O)C(C)(C)C5CC[C@]43C)C12. The topological polar surface area (TPSA) is 136 Å². The van der Waals surface area contributed by atoms with Crippen LogP contribution < -0.4 is 10.6 Å². The minimum Gasteiger partial charge on any atom is -0.508 e. The Balaban J connectivity index is 1.04. The summed E-state index contributed by atoms with van der Waals surface area (Å²) in [6.45, 7) is 19.6. The summed E-state index contributed by atoms with van der Waals surface area (Å²) < 4.78 is 0. The molecular weight excluding hydrogens is 701 g/mol. The lowest BCUT2D eigenvalue weighted by atomic mass is 9.32. The normalized spacial score (nSPS) is 37.5. The number of hydrogen-bond donors (Lipinski definition) is 5.